The molecule has 0 aliphatic carbocycles. The highest BCUT2D eigenvalue weighted by Gasteiger charge is 2.48. The molecule has 27 heavy (non-hydrogen) atoms. The molecule has 0 aromatic heterocycles. The van der Waals surface area contributed by atoms with Crippen molar-refractivity contribution >= 4 is 46.3 Å². The topological polar surface area (TPSA) is 102 Å². The monoisotopic (exact) mass is 404 g/mol. The van der Waals surface area contributed by atoms with Gasteiger partial charge in [0, 0.05) is 28.2 Å². The molecular formula is C19H18Cl2N4O2. The second-order valence-corrected chi connectivity index (χ2v) is 7.23. The molecule has 1 aliphatic heterocycles. The summed E-state index contributed by atoms with van der Waals surface area (Å²) >= 11 is 12.5. The maximum absolute atomic E-state index is 13.1. The molecule has 0 fully saturated rings. The molecule has 0 saturated carbocycles. The van der Waals surface area contributed by atoms with Crippen molar-refractivity contribution in [3.05, 3.63) is 63.6 Å². The summed E-state index contributed by atoms with van der Waals surface area (Å²) in [5.74, 6) is -1.38. The van der Waals surface area contributed by atoms with Crippen LogP contribution in [0, 0.1) is 0 Å². The molecule has 1 amide bonds. The first-order valence-electron chi connectivity index (χ1n) is 8.18. The Morgan fingerprint density at radius 3 is 2.48 bits per heavy atom. The van der Waals surface area contributed by atoms with Crippen molar-refractivity contribution in [2.75, 3.05) is 11.9 Å². The van der Waals surface area contributed by atoms with Crippen molar-refractivity contribution in [1.82, 2.24) is 0 Å². The maximum atomic E-state index is 13.1. The van der Waals surface area contributed by atoms with E-state index in [-0.39, 0.29) is 0 Å². The number of carbonyl (C=O) groups excluding carboxylic acids is 2. The van der Waals surface area contributed by atoms with Gasteiger partial charge in [-0.15, -0.1) is 0 Å². The summed E-state index contributed by atoms with van der Waals surface area (Å²) in [6, 6.07) is 11.0. The Hall–Kier alpha value is -2.25. The number of nitrogens with two attached hydrogens (primary N) is 2. The minimum atomic E-state index is -2.18. The number of benzodiazepines with no additional fused rings is 1. The Labute approximate surface area is 166 Å². The van der Waals surface area contributed by atoms with Gasteiger partial charge in [-0.2, -0.15) is 0 Å². The second kappa shape index (κ2) is 7.05. The van der Waals surface area contributed by atoms with Crippen molar-refractivity contribution in [2.45, 2.75) is 18.6 Å². The van der Waals surface area contributed by atoms with E-state index in [0.29, 0.717) is 32.6 Å². The Morgan fingerprint density at radius 2 is 1.85 bits per heavy atom. The molecule has 6 nitrogen and oxygen atoms in total. The predicted octanol–water partition coefficient (Wildman–Crippen LogP) is 2.38. The summed E-state index contributed by atoms with van der Waals surface area (Å²) in [6.45, 7) is 1.46. The lowest BCUT2D eigenvalue weighted by atomic mass is 9.98. The van der Waals surface area contributed by atoms with E-state index in [2.05, 4.69) is 4.99 Å². The fraction of sp³-hybridized carbons (Fsp3) is 0.211. The van der Waals surface area contributed by atoms with Crippen LogP contribution in [-0.4, -0.2) is 36.2 Å². The molecule has 2 aromatic carbocycles. The first-order valence-corrected chi connectivity index (χ1v) is 8.94. The van der Waals surface area contributed by atoms with Gasteiger partial charge in [0.1, 0.15) is 0 Å². The van der Waals surface area contributed by atoms with E-state index in [1.165, 1.54) is 18.9 Å². The Kier molecular flexibility index (Phi) is 5.10. The Bertz CT molecular complexity index is 974. The van der Waals surface area contributed by atoms with Gasteiger partial charge in [0.2, 0.25) is 11.4 Å². The molecule has 0 radical (unpaired) electrons. The molecule has 1 aliphatic rings. The van der Waals surface area contributed by atoms with Crippen LogP contribution in [0.1, 0.15) is 18.1 Å². The SMILES string of the molecule is C[C@H](N)C(=O)C1(N)N=C(c2ccccc2Cl)c2cc(Cl)ccc2N(C)C1=O. The van der Waals surface area contributed by atoms with Crippen LogP contribution in [0.3, 0.4) is 0 Å². The van der Waals surface area contributed by atoms with Crippen molar-refractivity contribution in [3.8, 4) is 0 Å². The smallest absolute Gasteiger partial charge is 0.277 e. The van der Waals surface area contributed by atoms with Crippen molar-refractivity contribution in [1.29, 1.82) is 0 Å². The molecule has 3 rings (SSSR count). The van der Waals surface area contributed by atoms with E-state index in [4.69, 9.17) is 34.7 Å². The van der Waals surface area contributed by atoms with Crippen molar-refractivity contribution in [2.24, 2.45) is 16.5 Å². The molecule has 0 saturated heterocycles. The van der Waals surface area contributed by atoms with E-state index >= 15 is 0 Å². The van der Waals surface area contributed by atoms with Gasteiger partial charge >= 0.3 is 0 Å². The van der Waals surface area contributed by atoms with Crippen LogP contribution in [-0.2, 0) is 9.59 Å². The molecule has 4 N–H and O–H groups in total. The van der Waals surface area contributed by atoms with Gasteiger partial charge in [-0.1, -0.05) is 41.4 Å². The molecule has 140 valence electrons. The lowest BCUT2D eigenvalue weighted by Crippen LogP contribution is -2.62. The number of likely N-dealkylation sites (N-methyl/N-ethyl adjacent to an activating group) is 1. The quantitative estimate of drug-likeness (QED) is 0.766. The molecule has 0 bridgehead atoms. The molecule has 0 spiro atoms. The summed E-state index contributed by atoms with van der Waals surface area (Å²) in [5.41, 5.74) is 11.7. The minimum absolute atomic E-state index is 0.298. The number of halogens is 2. The summed E-state index contributed by atoms with van der Waals surface area (Å²) in [4.78, 5) is 31.5. The fourth-order valence-corrected chi connectivity index (χ4v) is 3.40. The van der Waals surface area contributed by atoms with Gasteiger partial charge in [0.25, 0.3) is 5.91 Å². The average molecular weight is 405 g/mol. The van der Waals surface area contributed by atoms with Crippen LogP contribution in [0.2, 0.25) is 10.0 Å². The van der Waals surface area contributed by atoms with Crippen LogP contribution >= 0.6 is 23.2 Å². The van der Waals surface area contributed by atoms with E-state index in [1.54, 1.807) is 42.5 Å². The third kappa shape index (κ3) is 3.26. The zero-order valence-corrected chi connectivity index (χ0v) is 16.3. The van der Waals surface area contributed by atoms with Crippen LogP contribution in [0.15, 0.2) is 47.5 Å². The molecule has 1 unspecified atom stereocenters. The number of ketones is 1. The van der Waals surface area contributed by atoms with Crippen molar-refractivity contribution < 1.29 is 9.59 Å². The zero-order chi connectivity index (χ0) is 19.9. The molecule has 2 aromatic rings. The molecule has 1 heterocycles. The van der Waals surface area contributed by atoms with Crippen LogP contribution < -0.4 is 16.4 Å². The van der Waals surface area contributed by atoms with Gasteiger partial charge in [-0.05, 0) is 31.2 Å². The normalized spacial score (nSPS) is 20.6. The third-order valence-corrected chi connectivity index (χ3v) is 4.98. The highest BCUT2D eigenvalue weighted by atomic mass is 35.5. The highest BCUT2D eigenvalue weighted by Crippen LogP contribution is 2.34. The predicted molar refractivity (Wildman–Crippen MR) is 108 cm³/mol. The van der Waals surface area contributed by atoms with E-state index in [0.717, 1.165) is 0 Å². The first kappa shape index (κ1) is 19.5. The number of anilines is 1. The van der Waals surface area contributed by atoms with E-state index in [9.17, 15) is 9.59 Å². The van der Waals surface area contributed by atoms with Crippen LogP contribution in [0.4, 0.5) is 5.69 Å². The van der Waals surface area contributed by atoms with Gasteiger partial charge in [-0.3, -0.25) is 15.3 Å². The van der Waals surface area contributed by atoms with Crippen molar-refractivity contribution in [3.63, 3.8) is 0 Å². The molecule has 8 heteroatoms. The second-order valence-electron chi connectivity index (χ2n) is 6.39. The maximum Gasteiger partial charge on any atom is 0.277 e. The Morgan fingerprint density at radius 1 is 1.19 bits per heavy atom. The standard InChI is InChI=1S/C19H18Cl2N4O2/c1-10(22)17(26)19(23)18(27)25(2)15-8-7-11(20)9-13(15)16(24-19)12-5-3-4-6-14(12)21/h3-10H,22-23H2,1-2H3/t10-,19?/m0/s1. The Balaban J connectivity index is 2.39. The average Bonchev–Trinajstić information content (AvgIpc) is 2.71. The summed E-state index contributed by atoms with van der Waals surface area (Å²) < 4.78 is 0. The number of Topliss-reactive ketones (excluding diaryl/α,β-unsaturated/α-hetero) is 1. The molecular weight excluding hydrogens is 387 g/mol. The van der Waals surface area contributed by atoms with Gasteiger partial charge in [0.15, 0.2) is 0 Å². The summed E-state index contributed by atoms with van der Waals surface area (Å²) in [6.07, 6.45) is 0. The number of aliphatic imine (C=N–C) groups is 1. The van der Waals surface area contributed by atoms with E-state index < -0.39 is 23.4 Å². The molecule has 2 atom stereocenters. The van der Waals surface area contributed by atoms with Crippen LogP contribution in [0.25, 0.3) is 0 Å². The zero-order valence-electron chi connectivity index (χ0n) is 14.7. The lowest BCUT2D eigenvalue weighted by Gasteiger charge is -2.27. The minimum Gasteiger partial charge on any atom is -0.322 e. The van der Waals surface area contributed by atoms with Gasteiger partial charge < -0.3 is 10.6 Å². The number of rotatable bonds is 3. The third-order valence-electron chi connectivity index (χ3n) is 4.41. The number of carbonyl (C=O) groups is 2. The van der Waals surface area contributed by atoms with Crippen LogP contribution in [0.5, 0.6) is 0 Å². The number of hydrogen-bond acceptors (Lipinski definition) is 5. The number of nitrogens with zero attached hydrogens (tertiary/aromatic N) is 2. The number of amides is 1. The first-order chi connectivity index (χ1) is 12.7. The van der Waals surface area contributed by atoms with Gasteiger partial charge in [0.05, 0.1) is 17.4 Å². The summed E-state index contributed by atoms with van der Waals surface area (Å²) in [5, 5.41) is 0.840. The lowest BCUT2D eigenvalue weighted by molar-refractivity contribution is -0.134. The largest absolute Gasteiger partial charge is 0.322 e. The fourth-order valence-electron chi connectivity index (χ4n) is 3.01. The number of hydrogen-bond donors (Lipinski definition) is 2. The van der Waals surface area contributed by atoms with E-state index in [1.807, 2.05) is 0 Å². The number of benzene rings is 2. The highest BCUT2D eigenvalue weighted by molar-refractivity contribution is 6.37. The number of fused-ring (bicyclic) bond motifs is 1. The summed E-state index contributed by atoms with van der Waals surface area (Å²) in [7, 11) is 1.52. The van der Waals surface area contributed by atoms with Gasteiger partial charge in [-0.25, -0.2) is 4.99 Å².